The van der Waals surface area contributed by atoms with Gasteiger partial charge in [-0.15, -0.1) is 11.3 Å². The number of fused-ring (bicyclic) bond motifs is 3. The minimum atomic E-state index is -0.536. The summed E-state index contributed by atoms with van der Waals surface area (Å²) in [5.41, 5.74) is 7.56. The van der Waals surface area contributed by atoms with E-state index in [1.165, 1.54) is 10.4 Å². The zero-order chi connectivity index (χ0) is 21.8. The van der Waals surface area contributed by atoms with E-state index >= 15 is 0 Å². The highest BCUT2D eigenvalue weighted by Gasteiger charge is 2.26. The molecule has 0 radical (unpaired) electrons. The lowest BCUT2D eigenvalue weighted by atomic mass is 9.89. The van der Waals surface area contributed by atoms with Crippen molar-refractivity contribution in [3.8, 4) is 0 Å². The Morgan fingerprint density at radius 2 is 2.06 bits per heavy atom. The van der Waals surface area contributed by atoms with Crippen molar-refractivity contribution in [3.63, 3.8) is 0 Å². The molecule has 162 valence electrons. The molecule has 4 rings (SSSR count). The number of hydrogen-bond donors (Lipinski definition) is 3. The van der Waals surface area contributed by atoms with E-state index in [0.717, 1.165) is 35.0 Å². The topological polar surface area (TPSA) is 110 Å². The first-order valence-electron chi connectivity index (χ1n) is 10.6. The van der Waals surface area contributed by atoms with E-state index in [9.17, 15) is 9.59 Å². The number of anilines is 1. The van der Waals surface area contributed by atoms with E-state index in [4.69, 9.17) is 5.73 Å². The highest BCUT2D eigenvalue weighted by Crippen LogP contribution is 2.39. The van der Waals surface area contributed by atoms with Crippen LogP contribution in [-0.4, -0.2) is 34.4 Å². The number of aryl methyl sites for hydroxylation is 1. The number of aromatic nitrogens is 2. The summed E-state index contributed by atoms with van der Waals surface area (Å²) in [5.74, 6) is 0.744. The molecule has 31 heavy (non-hydrogen) atoms. The van der Waals surface area contributed by atoms with E-state index in [2.05, 4.69) is 27.5 Å². The van der Waals surface area contributed by atoms with Crippen LogP contribution in [0, 0.1) is 5.92 Å². The number of benzene rings is 1. The highest BCUT2D eigenvalue weighted by molar-refractivity contribution is 7.19. The van der Waals surface area contributed by atoms with Crippen LogP contribution in [0.1, 0.15) is 35.8 Å². The zero-order valence-corrected chi connectivity index (χ0v) is 18.4. The van der Waals surface area contributed by atoms with Crippen LogP contribution in [0.15, 0.2) is 36.7 Å². The summed E-state index contributed by atoms with van der Waals surface area (Å²) in [7, 11) is 0. The van der Waals surface area contributed by atoms with Crippen LogP contribution >= 0.6 is 11.3 Å². The molecule has 3 aromatic rings. The highest BCUT2D eigenvalue weighted by atomic mass is 32.1. The van der Waals surface area contributed by atoms with Gasteiger partial charge in [0.15, 0.2) is 0 Å². The van der Waals surface area contributed by atoms with Gasteiger partial charge >= 0.3 is 0 Å². The Morgan fingerprint density at radius 1 is 1.26 bits per heavy atom. The average Bonchev–Trinajstić information content (AvgIpc) is 3.12. The van der Waals surface area contributed by atoms with Crippen molar-refractivity contribution in [2.24, 2.45) is 11.7 Å². The van der Waals surface area contributed by atoms with Crippen LogP contribution in [0.4, 0.5) is 5.82 Å². The van der Waals surface area contributed by atoms with E-state index in [1.807, 2.05) is 30.3 Å². The molecule has 1 aliphatic rings. The van der Waals surface area contributed by atoms with Gasteiger partial charge in [-0.2, -0.15) is 0 Å². The van der Waals surface area contributed by atoms with Crippen LogP contribution < -0.4 is 16.4 Å². The first-order valence-corrected chi connectivity index (χ1v) is 11.4. The monoisotopic (exact) mass is 437 g/mol. The zero-order valence-electron chi connectivity index (χ0n) is 17.6. The molecule has 4 N–H and O–H groups in total. The fourth-order valence-corrected chi connectivity index (χ4v) is 5.39. The summed E-state index contributed by atoms with van der Waals surface area (Å²) in [6.45, 7) is 2.50. The van der Waals surface area contributed by atoms with Crippen molar-refractivity contribution in [1.29, 1.82) is 0 Å². The molecular weight excluding hydrogens is 410 g/mol. The van der Waals surface area contributed by atoms with Crippen molar-refractivity contribution in [3.05, 3.63) is 52.7 Å². The number of hydrogen-bond acceptors (Lipinski definition) is 6. The lowest BCUT2D eigenvalue weighted by Gasteiger charge is -2.21. The average molecular weight is 438 g/mol. The summed E-state index contributed by atoms with van der Waals surface area (Å²) >= 11 is 1.73. The van der Waals surface area contributed by atoms with E-state index in [-0.39, 0.29) is 18.9 Å². The summed E-state index contributed by atoms with van der Waals surface area (Å²) in [5, 5.41) is 7.24. The quantitative estimate of drug-likeness (QED) is 0.502. The fourth-order valence-electron chi connectivity index (χ4n) is 4.04. The van der Waals surface area contributed by atoms with Crippen molar-refractivity contribution >= 4 is 39.2 Å². The third kappa shape index (κ3) is 5.02. The molecule has 2 heterocycles. The van der Waals surface area contributed by atoms with Crippen LogP contribution in [-0.2, 0) is 28.9 Å². The molecule has 7 nitrogen and oxygen atoms in total. The lowest BCUT2D eigenvalue weighted by Crippen LogP contribution is -2.42. The number of primary amides is 1. The molecule has 1 aromatic carbocycles. The Bertz CT molecular complexity index is 1080. The molecule has 2 aromatic heterocycles. The van der Waals surface area contributed by atoms with E-state index < -0.39 is 11.9 Å². The molecule has 2 atom stereocenters. The van der Waals surface area contributed by atoms with Gasteiger partial charge in [0.2, 0.25) is 11.8 Å². The SMILES string of the molecule is C[C@H]1CCc2c(sc3ncnc(N[C@@H](Cc4ccccc4)C(=O)NCCC(N)=O)c23)C1. The van der Waals surface area contributed by atoms with Crippen molar-refractivity contribution < 1.29 is 9.59 Å². The van der Waals surface area contributed by atoms with Gasteiger partial charge in [-0.1, -0.05) is 37.3 Å². The van der Waals surface area contributed by atoms with Crippen LogP contribution in [0.5, 0.6) is 0 Å². The molecule has 8 heteroatoms. The van der Waals surface area contributed by atoms with Gasteiger partial charge in [0.05, 0.1) is 5.39 Å². The maximum atomic E-state index is 13.0. The maximum Gasteiger partial charge on any atom is 0.242 e. The Kier molecular flexibility index (Phi) is 6.46. The van der Waals surface area contributed by atoms with Gasteiger partial charge in [-0.05, 0) is 36.3 Å². The summed E-state index contributed by atoms with van der Waals surface area (Å²) in [6, 6.07) is 9.31. The Morgan fingerprint density at radius 3 is 2.84 bits per heavy atom. The number of thiophene rings is 1. The molecule has 0 fully saturated rings. The first kappa shape index (κ1) is 21.2. The first-order chi connectivity index (χ1) is 15.0. The fraction of sp³-hybridized carbons (Fsp3) is 0.391. The van der Waals surface area contributed by atoms with Gasteiger partial charge in [-0.25, -0.2) is 9.97 Å². The minimum absolute atomic E-state index is 0.109. The molecule has 0 spiro atoms. The van der Waals surface area contributed by atoms with Gasteiger partial charge in [0.1, 0.15) is 23.0 Å². The van der Waals surface area contributed by atoms with Crippen molar-refractivity contribution in [2.45, 2.75) is 45.1 Å². The second kappa shape index (κ2) is 9.43. The predicted molar refractivity (Wildman–Crippen MR) is 123 cm³/mol. The van der Waals surface area contributed by atoms with Gasteiger partial charge in [0, 0.05) is 24.3 Å². The molecule has 0 saturated carbocycles. The standard InChI is InChI=1S/C23H27N5O2S/c1-14-7-8-16-18(11-14)31-23-20(16)21(26-13-27-23)28-17(12-15-5-3-2-4-6-15)22(30)25-10-9-19(24)29/h2-6,13-14,17H,7-12H2,1H3,(H2,24,29)(H,25,30)(H,26,27,28)/t14-,17-/m0/s1. The van der Waals surface area contributed by atoms with Crippen LogP contribution in [0.3, 0.4) is 0 Å². The number of rotatable bonds is 8. The van der Waals surface area contributed by atoms with E-state index in [1.54, 1.807) is 17.7 Å². The molecule has 0 saturated heterocycles. The smallest absolute Gasteiger partial charge is 0.242 e. The van der Waals surface area contributed by atoms with Crippen molar-refractivity contribution in [1.82, 2.24) is 15.3 Å². The third-order valence-electron chi connectivity index (χ3n) is 5.67. The molecular formula is C23H27N5O2S. The van der Waals surface area contributed by atoms with Crippen LogP contribution in [0.25, 0.3) is 10.2 Å². The number of nitrogens with two attached hydrogens (primary N) is 1. The minimum Gasteiger partial charge on any atom is -0.370 e. The normalized spacial score (nSPS) is 16.5. The van der Waals surface area contributed by atoms with E-state index in [0.29, 0.717) is 18.2 Å². The molecule has 2 amide bonds. The molecule has 0 aliphatic heterocycles. The molecule has 0 bridgehead atoms. The number of nitrogens with zero attached hydrogens (tertiary/aromatic N) is 2. The molecule has 0 unspecified atom stereocenters. The molecule has 1 aliphatic carbocycles. The third-order valence-corrected chi connectivity index (χ3v) is 6.83. The number of carbonyl (C=O) groups is 2. The largest absolute Gasteiger partial charge is 0.370 e. The van der Waals surface area contributed by atoms with Gasteiger partial charge in [-0.3, -0.25) is 9.59 Å². The van der Waals surface area contributed by atoms with Gasteiger partial charge in [0.25, 0.3) is 0 Å². The van der Waals surface area contributed by atoms with Crippen molar-refractivity contribution in [2.75, 3.05) is 11.9 Å². The second-order valence-electron chi connectivity index (χ2n) is 8.15. The van der Waals surface area contributed by atoms with Gasteiger partial charge < -0.3 is 16.4 Å². The Balaban J connectivity index is 1.62. The number of amides is 2. The summed E-state index contributed by atoms with van der Waals surface area (Å²) in [4.78, 5) is 35.4. The maximum absolute atomic E-state index is 13.0. The second-order valence-corrected chi connectivity index (χ2v) is 9.23. The Labute approximate surface area is 185 Å². The number of carbonyl (C=O) groups excluding carboxylic acids is 2. The summed E-state index contributed by atoms with van der Waals surface area (Å²) < 4.78 is 0. The predicted octanol–water partition coefficient (Wildman–Crippen LogP) is 2.83. The summed E-state index contributed by atoms with van der Waals surface area (Å²) in [6.07, 6.45) is 5.38. The lowest BCUT2D eigenvalue weighted by molar-refractivity contribution is -0.122. The number of nitrogens with one attached hydrogen (secondary N) is 2. The Hall–Kier alpha value is -3.00. The van der Waals surface area contributed by atoms with Crippen LogP contribution in [0.2, 0.25) is 0 Å².